The Morgan fingerprint density at radius 1 is 1.11 bits per heavy atom. The van der Waals surface area contributed by atoms with E-state index in [1.165, 1.54) is 24.3 Å². The van der Waals surface area contributed by atoms with Gasteiger partial charge in [-0.05, 0) is 53.6 Å². The van der Waals surface area contributed by atoms with Crippen LogP contribution in [-0.2, 0) is 6.54 Å². The molecule has 0 aliphatic carbocycles. The van der Waals surface area contributed by atoms with E-state index in [-0.39, 0.29) is 30.1 Å². The van der Waals surface area contributed by atoms with Crippen LogP contribution in [0, 0.1) is 22.9 Å². The molecule has 0 saturated carbocycles. The summed E-state index contributed by atoms with van der Waals surface area (Å²) in [5.74, 6) is 5.51. The smallest absolute Gasteiger partial charge is 0.306 e. The summed E-state index contributed by atoms with van der Waals surface area (Å²) in [6.07, 6.45) is -3.25. The number of nitriles is 1. The van der Waals surface area contributed by atoms with Crippen LogP contribution in [0.15, 0.2) is 61.3 Å². The lowest BCUT2D eigenvalue weighted by Gasteiger charge is -2.37. The summed E-state index contributed by atoms with van der Waals surface area (Å²) in [6.45, 7) is 7.85. The summed E-state index contributed by atoms with van der Waals surface area (Å²) in [7, 11) is -0.792. The molecule has 2 N–H and O–H groups in total. The second-order valence-corrected chi connectivity index (χ2v) is 9.84. The largest absolute Gasteiger partial charge is 0.432 e. The van der Waals surface area contributed by atoms with Crippen molar-refractivity contribution >= 4 is 34.8 Å². The van der Waals surface area contributed by atoms with E-state index in [9.17, 15) is 22.8 Å². The number of hydrogen-bond donors (Lipinski definition) is 2. The van der Waals surface area contributed by atoms with Gasteiger partial charge in [-0.2, -0.15) is 13.2 Å². The Bertz CT molecular complexity index is 1190. The monoisotopic (exact) mass is 521 g/mol. The minimum Gasteiger partial charge on any atom is -0.306 e. The minimum atomic E-state index is -4.64. The van der Waals surface area contributed by atoms with E-state index in [2.05, 4.69) is 34.7 Å². The second kappa shape index (κ2) is 11.6. The fourth-order valence-corrected chi connectivity index (χ4v) is 5.12. The SMILES string of the molecule is C=C(NNC(=C)C(F)(F)F)c1ccc(CN(c2cccc(F)c2)S(=C)N2CCB(C#N)CC2)c(F)c1. The highest BCUT2D eigenvalue weighted by Gasteiger charge is 2.32. The predicted octanol–water partition coefficient (Wildman–Crippen LogP) is 5.52. The fraction of sp³-hybridized carbons (Fsp3) is 0.250. The van der Waals surface area contributed by atoms with Crippen LogP contribution in [0.4, 0.5) is 27.6 Å². The van der Waals surface area contributed by atoms with Gasteiger partial charge in [0.1, 0.15) is 17.3 Å². The molecule has 2 aromatic carbocycles. The number of benzene rings is 2. The molecule has 2 aromatic rings. The number of alkyl halides is 3. The van der Waals surface area contributed by atoms with Crippen LogP contribution in [0.1, 0.15) is 11.1 Å². The summed E-state index contributed by atoms with van der Waals surface area (Å²) in [5.41, 5.74) is 4.04. The molecule has 1 heterocycles. The number of halogens is 5. The van der Waals surface area contributed by atoms with Gasteiger partial charge in [-0.15, -0.1) is 0 Å². The summed E-state index contributed by atoms with van der Waals surface area (Å²) in [5, 5.41) is 9.17. The molecule has 0 amide bonds. The first-order chi connectivity index (χ1) is 17.0. The van der Waals surface area contributed by atoms with Crippen molar-refractivity contribution in [3.8, 4) is 5.97 Å². The lowest BCUT2D eigenvalue weighted by Crippen LogP contribution is -2.37. The van der Waals surface area contributed by atoms with Gasteiger partial charge in [0.15, 0.2) is 0 Å². The normalized spacial score (nSPS) is 15.1. The first-order valence-electron chi connectivity index (χ1n) is 11.0. The van der Waals surface area contributed by atoms with Gasteiger partial charge < -0.3 is 9.73 Å². The number of anilines is 1. The highest BCUT2D eigenvalue weighted by molar-refractivity contribution is 8.13. The van der Waals surface area contributed by atoms with Crippen molar-refractivity contribution in [3.05, 3.63) is 84.1 Å². The number of hydrogen-bond acceptors (Lipinski definition) is 5. The van der Waals surface area contributed by atoms with E-state index in [4.69, 9.17) is 0 Å². The Balaban J connectivity index is 1.79. The Labute approximate surface area is 210 Å². The Morgan fingerprint density at radius 3 is 2.39 bits per heavy atom. The van der Waals surface area contributed by atoms with E-state index >= 15 is 4.39 Å². The topological polar surface area (TPSA) is 54.3 Å². The predicted molar refractivity (Wildman–Crippen MR) is 137 cm³/mol. The van der Waals surface area contributed by atoms with Crippen molar-refractivity contribution in [3.63, 3.8) is 0 Å². The number of nitrogens with one attached hydrogen (secondary N) is 2. The van der Waals surface area contributed by atoms with E-state index in [1.807, 2.05) is 5.43 Å². The van der Waals surface area contributed by atoms with Gasteiger partial charge in [0, 0.05) is 30.2 Å². The van der Waals surface area contributed by atoms with E-state index in [1.54, 1.807) is 16.4 Å². The number of nitrogens with zero attached hydrogens (tertiary/aromatic N) is 3. The highest BCUT2D eigenvalue weighted by Crippen LogP contribution is 2.35. The molecule has 0 spiro atoms. The first-order valence-corrected chi connectivity index (χ1v) is 12.3. The molecule has 36 heavy (non-hydrogen) atoms. The van der Waals surface area contributed by atoms with Crippen LogP contribution in [0.5, 0.6) is 0 Å². The minimum absolute atomic E-state index is 0.0182. The molecule has 1 atom stereocenters. The molecule has 0 bridgehead atoms. The Morgan fingerprint density at radius 2 is 1.81 bits per heavy atom. The van der Waals surface area contributed by atoms with E-state index in [0.717, 1.165) is 6.07 Å². The zero-order chi connectivity index (χ0) is 26.5. The number of hydrazine groups is 1. The van der Waals surface area contributed by atoms with Gasteiger partial charge in [-0.25, -0.2) is 18.3 Å². The maximum atomic E-state index is 15.1. The van der Waals surface area contributed by atoms with Crippen molar-refractivity contribution in [2.24, 2.45) is 0 Å². The third-order valence-electron chi connectivity index (χ3n) is 5.71. The third-order valence-corrected chi connectivity index (χ3v) is 7.52. The van der Waals surface area contributed by atoms with Gasteiger partial charge in [0.2, 0.25) is 0 Å². The molecule has 1 fully saturated rings. The second-order valence-electron chi connectivity index (χ2n) is 8.20. The molecular formula is C24H25BF5N5S. The van der Waals surface area contributed by atoms with E-state index < -0.39 is 34.4 Å². The van der Waals surface area contributed by atoms with Crippen LogP contribution in [0.25, 0.3) is 5.70 Å². The molecule has 1 unspecified atom stereocenters. The molecule has 0 aromatic heterocycles. The average molecular weight is 521 g/mol. The summed E-state index contributed by atoms with van der Waals surface area (Å²) in [4.78, 5) is 0. The Hall–Kier alpha value is -3.30. The zero-order valence-electron chi connectivity index (χ0n) is 19.4. The van der Waals surface area contributed by atoms with Crippen LogP contribution in [-0.4, -0.2) is 36.2 Å². The van der Waals surface area contributed by atoms with Crippen LogP contribution >= 0.6 is 10.9 Å². The Kier molecular flexibility index (Phi) is 8.82. The lowest BCUT2D eigenvalue weighted by atomic mass is 9.45. The fourth-order valence-electron chi connectivity index (χ4n) is 3.57. The molecule has 5 nitrogen and oxygen atoms in total. The van der Waals surface area contributed by atoms with Crippen molar-refractivity contribution in [1.82, 2.24) is 15.2 Å². The molecule has 1 aliphatic heterocycles. The maximum Gasteiger partial charge on any atom is 0.432 e. The van der Waals surface area contributed by atoms with E-state index in [0.29, 0.717) is 31.4 Å². The van der Waals surface area contributed by atoms with Gasteiger partial charge in [0.25, 0.3) is 6.71 Å². The van der Waals surface area contributed by atoms with Crippen molar-refractivity contribution in [2.45, 2.75) is 25.4 Å². The van der Waals surface area contributed by atoms with Crippen LogP contribution in [0.2, 0.25) is 12.6 Å². The molecule has 1 aliphatic rings. The van der Waals surface area contributed by atoms with Gasteiger partial charge in [-0.1, -0.05) is 31.4 Å². The van der Waals surface area contributed by atoms with Crippen molar-refractivity contribution < 1.29 is 22.0 Å². The third kappa shape index (κ3) is 6.89. The zero-order valence-corrected chi connectivity index (χ0v) is 20.2. The van der Waals surface area contributed by atoms with Gasteiger partial charge in [-0.3, -0.25) is 5.43 Å². The number of allylic oxidation sites excluding steroid dienone is 1. The summed E-state index contributed by atoms with van der Waals surface area (Å²) >= 11 is 0. The lowest BCUT2D eigenvalue weighted by molar-refractivity contribution is -0.0971. The van der Waals surface area contributed by atoms with Gasteiger partial charge >= 0.3 is 6.18 Å². The molecular weight excluding hydrogens is 496 g/mol. The van der Waals surface area contributed by atoms with Crippen LogP contribution in [0.3, 0.4) is 0 Å². The highest BCUT2D eigenvalue weighted by atomic mass is 32.2. The van der Waals surface area contributed by atoms with Crippen molar-refractivity contribution in [1.29, 1.82) is 5.26 Å². The number of rotatable bonds is 9. The first kappa shape index (κ1) is 27.3. The molecule has 1 saturated heterocycles. The quantitative estimate of drug-likeness (QED) is 0.197. The average Bonchev–Trinajstić information content (AvgIpc) is 2.85. The standard InChI is InChI=1S/C24H25BF5N5S/c1-17(32-33-18(2)24(28,29)30)19-7-8-20(23(27)13-19)15-35(22-6-4-5-21(26)14-22)36(3)34-11-9-25(16-31)10-12-34/h4-8,13-14,32-33H,1-3,9-12,15H2. The summed E-state index contributed by atoms with van der Waals surface area (Å²) < 4.78 is 70.8. The van der Waals surface area contributed by atoms with Crippen molar-refractivity contribution in [2.75, 3.05) is 17.4 Å². The molecule has 190 valence electrons. The molecule has 3 rings (SSSR count). The molecule has 0 radical (unpaired) electrons. The maximum absolute atomic E-state index is 15.1. The van der Waals surface area contributed by atoms with Crippen LogP contribution < -0.4 is 15.2 Å². The van der Waals surface area contributed by atoms with Gasteiger partial charge in [0.05, 0.1) is 17.9 Å². The molecule has 12 heteroatoms. The summed E-state index contributed by atoms with van der Waals surface area (Å²) in [6, 6.07) is 10.1.